The molecule has 3 rings (SSSR count). The van der Waals surface area contributed by atoms with Crippen LogP contribution < -0.4 is 5.32 Å². The molecule has 5 nitrogen and oxygen atoms in total. The number of amides is 2. The minimum absolute atomic E-state index is 0.0979. The molecular formula is C17H21FN2O3. The number of ether oxygens (including phenoxy) is 1. The fraction of sp³-hybridized carbons (Fsp3) is 0.529. The molecule has 0 saturated carbocycles. The molecular weight excluding hydrogens is 299 g/mol. The number of rotatable bonds is 5. The Balaban J connectivity index is 1.89. The van der Waals surface area contributed by atoms with E-state index in [0.29, 0.717) is 32.5 Å². The topological polar surface area (TPSA) is 58.6 Å². The van der Waals surface area contributed by atoms with Crippen LogP contribution in [0.5, 0.6) is 0 Å². The maximum atomic E-state index is 13.3. The number of methoxy groups -OCH3 is 1. The smallest absolute Gasteiger partial charge is 0.232 e. The van der Waals surface area contributed by atoms with Crippen molar-refractivity contribution in [3.05, 3.63) is 35.6 Å². The van der Waals surface area contributed by atoms with Crippen molar-refractivity contribution in [1.82, 2.24) is 10.2 Å². The summed E-state index contributed by atoms with van der Waals surface area (Å²) in [6, 6.07) is 6.13. The fourth-order valence-corrected chi connectivity index (χ4v) is 3.69. The highest BCUT2D eigenvalue weighted by Gasteiger charge is 2.53. The number of nitrogens with zero attached hydrogens (tertiary/aromatic N) is 1. The Kier molecular flexibility index (Phi) is 4.35. The normalized spacial score (nSPS) is 26.4. The van der Waals surface area contributed by atoms with Gasteiger partial charge in [-0.3, -0.25) is 9.59 Å². The number of hydrogen-bond acceptors (Lipinski definition) is 3. The monoisotopic (exact) mass is 320 g/mol. The minimum atomic E-state index is -0.803. The molecule has 0 aliphatic carbocycles. The van der Waals surface area contributed by atoms with Gasteiger partial charge in [0.1, 0.15) is 5.82 Å². The van der Waals surface area contributed by atoms with Gasteiger partial charge in [-0.25, -0.2) is 4.39 Å². The van der Waals surface area contributed by atoms with Gasteiger partial charge in [0.25, 0.3) is 0 Å². The van der Waals surface area contributed by atoms with E-state index < -0.39 is 5.41 Å². The van der Waals surface area contributed by atoms with Crippen LogP contribution in [0.2, 0.25) is 0 Å². The molecule has 2 fully saturated rings. The lowest BCUT2D eigenvalue weighted by Gasteiger charge is -2.29. The molecule has 0 unspecified atom stereocenters. The number of benzene rings is 1. The summed E-state index contributed by atoms with van der Waals surface area (Å²) in [4.78, 5) is 26.7. The van der Waals surface area contributed by atoms with Gasteiger partial charge in [-0.05, 0) is 30.5 Å². The summed E-state index contributed by atoms with van der Waals surface area (Å²) in [6.45, 7) is 1.20. The third kappa shape index (κ3) is 2.83. The molecule has 2 saturated heterocycles. The Morgan fingerprint density at radius 1 is 1.43 bits per heavy atom. The third-order valence-corrected chi connectivity index (χ3v) is 4.90. The van der Waals surface area contributed by atoms with Crippen molar-refractivity contribution in [2.75, 3.05) is 26.8 Å². The SMILES string of the molecule is COCCNC(=O)[C@@]1(c2ccc(F)cc2)C[C@@H]2CCC(=O)N2C1. The first-order valence-electron chi connectivity index (χ1n) is 7.89. The first kappa shape index (κ1) is 15.9. The van der Waals surface area contributed by atoms with Gasteiger partial charge in [-0.1, -0.05) is 12.1 Å². The van der Waals surface area contributed by atoms with Crippen LogP contribution in [0, 0.1) is 5.82 Å². The predicted octanol–water partition coefficient (Wildman–Crippen LogP) is 1.22. The van der Waals surface area contributed by atoms with Crippen molar-refractivity contribution in [2.24, 2.45) is 0 Å². The first-order chi connectivity index (χ1) is 11.1. The van der Waals surface area contributed by atoms with E-state index in [1.54, 1.807) is 24.1 Å². The molecule has 1 N–H and O–H groups in total. The molecule has 0 bridgehead atoms. The van der Waals surface area contributed by atoms with Gasteiger partial charge >= 0.3 is 0 Å². The quantitative estimate of drug-likeness (QED) is 0.830. The Bertz CT molecular complexity index is 604. The zero-order valence-corrected chi connectivity index (χ0v) is 13.2. The molecule has 2 amide bonds. The standard InChI is InChI=1S/C17H21FN2O3/c1-23-9-8-19-16(22)17(12-2-4-13(18)5-3-12)10-14-6-7-15(21)20(14)11-17/h2-5,14H,6-11H2,1H3,(H,19,22)/t14-,17-/m0/s1. The first-order valence-corrected chi connectivity index (χ1v) is 7.89. The zero-order chi connectivity index (χ0) is 16.4. The van der Waals surface area contributed by atoms with E-state index in [0.717, 1.165) is 12.0 Å². The maximum absolute atomic E-state index is 13.3. The fourth-order valence-electron chi connectivity index (χ4n) is 3.69. The van der Waals surface area contributed by atoms with E-state index in [1.165, 1.54) is 12.1 Å². The van der Waals surface area contributed by atoms with E-state index in [9.17, 15) is 14.0 Å². The molecule has 2 aliphatic rings. The van der Waals surface area contributed by atoms with E-state index in [1.807, 2.05) is 0 Å². The number of carbonyl (C=O) groups is 2. The molecule has 124 valence electrons. The summed E-state index contributed by atoms with van der Waals surface area (Å²) in [6.07, 6.45) is 1.92. The van der Waals surface area contributed by atoms with Crippen LogP contribution in [-0.2, 0) is 19.7 Å². The van der Waals surface area contributed by atoms with Gasteiger partial charge in [0, 0.05) is 32.7 Å². The number of carbonyl (C=O) groups excluding carboxylic acids is 2. The average Bonchev–Trinajstić information content (AvgIpc) is 3.08. The van der Waals surface area contributed by atoms with Crippen molar-refractivity contribution in [3.8, 4) is 0 Å². The molecule has 23 heavy (non-hydrogen) atoms. The van der Waals surface area contributed by atoms with Crippen molar-refractivity contribution in [1.29, 1.82) is 0 Å². The molecule has 1 aromatic rings. The lowest BCUT2D eigenvalue weighted by atomic mass is 9.77. The van der Waals surface area contributed by atoms with E-state index in [2.05, 4.69) is 5.32 Å². The molecule has 1 aromatic carbocycles. The molecule has 6 heteroatoms. The number of nitrogens with one attached hydrogen (secondary N) is 1. The summed E-state index contributed by atoms with van der Waals surface area (Å²) >= 11 is 0. The van der Waals surface area contributed by atoms with Crippen molar-refractivity contribution < 1.29 is 18.7 Å². The second-order valence-corrected chi connectivity index (χ2v) is 6.26. The largest absolute Gasteiger partial charge is 0.383 e. The average molecular weight is 320 g/mol. The zero-order valence-electron chi connectivity index (χ0n) is 13.2. The van der Waals surface area contributed by atoms with Crippen LogP contribution in [0.3, 0.4) is 0 Å². The van der Waals surface area contributed by atoms with Crippen molar-refractivity contribution in [3.63, 3.8) is 0 Å². The van der Waals surface area contributed by atoms with Crippen LogP contribution >= 0.6 is 0 Å². The summed E-state index contributed by atoms with van der Waals surface area (Å²) in [5.74, 6) is -0.356. The van der Waals surface area contributed by atoms with Crippen LogP contribution in [0.15, 0.2) is 24.3 Å². The molecule has 2 aliphatic heterocycles. The highest BCUT2D eigenvalue weighted by Crippen LogP contribution is 2.43. The molecule has 0 spiro atoms. The Morgan fingerprint density at radius 3 is 2.83 bits per heavy atom. The van der Waals surface area contributed by atoms with Crippen molar-refractivity contribution >= 4 is 11.8 Å². The second-order valence-electron chi connectivity index (χ2n) is 6.26. The predicted molar refractivity (Wildman–Crippen MR) is 82.3 cm³/mol. The third-order valence-electron chi connectivity index (χ3n) is 4.90. The summed E-state index contributed by atoms with van der Waals surface area (Å²) in [5.41, 5.74) is -0.0432. The van der Waals surface area contributed by atoms with Crippen molar-refractivity contribution in [2.45, 2.75) is 30.7 Å². The number of halogens is 1. The van der Waals surface area contributed by atoms with Gasteiger partial charge in [-0.15, -0.1) is 0 Å². The minimum Gasteiger partial charge on any atom is -0.383 e. The van der Waals surface area contributed by atoms with Crippen LogP contribution in [0.1, 0.15) is 24.8 Å². The Morgan fingerprint density at radius 2 is 2.17 bits per heavy atom. The van der Waals surface area contributed by atoms with Crippen LogP contribution in [-0.4, -0.2) is 49.6 Å². The molecule has 2 heterocycles. The number of hydrogen-bond donors (Lipinski definition) is 1. The van der Waals surface area contributed by atoms with Crippen LogP contribution in [0.25, 0.3) is 0 Å². The summed E-state index contributed by atoms with van der Waals surface area (Å²) in [7, 11) is 1.58. The summed E-state index contributed by atoms with van der Waals surface area (Å²) in [5, 5.41) is 2.89. The highest BCUT2D eigenvalue weighted by atomic mass is 19.1. The Hall–Kier alpha value is -1.95. The van der Waals surface area contributed by atoms with Gasteiger partial charge in [0.2, 0.25) is 11.8 Å². The van der Waals surface area contributed by atoms with Gasteiger partial charge in [0.05, 0.1) is 12.0 Å². The van der Waals surface area contributed by atoms with Gasteiger partial charge < -0.3 is 15.0 Å². The highest BCUT2D eigenvalue weighted by molar-refractivity contribution is 5.91. The van der Waals surface area contributed by atoms with Gasteiger partial charge in [0.15, 0.2) is 0 Å². The lowest BCUT2D eigenvalue weighted by molar-refractivity contribution is -0.129. The van der Waals surface area contributed by atoms with E-state index >= 15 is 0 Å². The van der Waals surface area contributed by atoms with E-state index in [4.69, 9.17) is 4.74 Å². The molecule has 0 aromatic heterocycles. The lowest BCUT2D eigenvalue weighted by Crippen LogP contribution is -2.47. The van der Waals surface area contributed by atoms with E-state index in [-0.39, 0.29) is 23.7 Å². The summed E-state index contributed by atoms with van der Waals surface area (Å²) < 4.78 is 18.2. The molecule has 2 atom stereocenters. The Labute approximate surface area is 134 Å². The van der Waals surface area contributed by atoms with Crippen LogP contribution in [0.4, 0.5) is 4.39 Å². The molecule has 0 radical (unpaired) electrons. The van der Waals surface area contributed by atoms with Gasteiger partial charge in [-0.2, -0.15) is 0 Å². The second kappa shape index (κ2) is 6.28. The maximum Gasteiger partial charge on any atom is 0.232 e. The number of fused-ring (bicyclic) bond motifs is 1.